The molecule has 146 valence electrons. The second-order valence-electron chi connectivity index (χ2n) is 5.60. The van der Waals surface area contributed by atoms with Gasteiger partial charge in [0.2, 0.25) is 0 Å². The first-order chi connectivity index (χ1) is 13.3. The average Bonchev–Trinajstić information content (AvgIpc) is 3.07. The maximum Gasteiger partial charge on any atom is 0.417 e. The van der Waals surface area contributed by atoms with Crippen LogP contribution in [0.1, 0.15) is 22.2 Å². The van der Waals surface area contributed by atoms with E-state index in [1.165, 1.54) is 6.07 Å². The molecular weight excluding hydrogens is 413 g/mol. The zero-order valence-corrected chi connectivity index (χ0v) is 16.1. The number of rotatable bonds is 5. The molecule has 0 unspecified atom stereocenters. The SMILES string of the molecule is CCOC(=O)c1sc(Nc2ccc(Cl)c(C(F)(F)F)c2)nc1-c1ccccc1. The van der Waals surface area contributed by atoms with Crippen LogP contribution in [-0.4, -0.2) is 17.6 Å². The number of alkyl halides is 3. The molecule has 1 aromatic heterocycles. The number of aromatic nitrogens is 1. The summed E-state index contributed by atoms with van der Waals surface area (Å²) < 4.78 is 44.3. The summed E-state index contributed by atoms with van der Waals surface area (Å²) in [5, 5.41) is 2.68. The number of hydrogen-bond donors (Lipinski definition) is 1. The molecule has 9 heteroatoms. The van der Waals surface area contributed by atoms with Gasteiger partial charge in [-0.3, -0.25) is 0 Å². The Bertz CT molecular complexity index is 991. The quantitative estimate of drug-likeness (QED) is 0.479. The highest BCUT2D eigenvalue weighted by atomic mass is 35.5. The second kappa shape index (κ2) is 8.20. The predicted molar refractivity (Wildman–Crippen MR) is 103 cm³/mol. The molecule has 0 aliphatic carbocycles. The molecule has 0 atom stereocenters. The standard InChI is InChI=1S/C19H14ClF3N2O2S/c1-2-27-17(26)16-15(11-6-4-3-5-7-11)25-18(28-16)24-12-8-9-14(20)13(10-12)19(21,22)23/h3-10H,2H2,1H3,(H,24,25). The molecule has 0 aliphatic heterocycles. The van der Waals surface area contributed by atoms with Gasteiger partial charge in [-0.2, -0.15) is 13.2 Å². The molecule has 0 spiro atoms. The number of ether oxygens (including phenoxy) is 1. The van der Waals surface area contributed by atoms with Crippen molar-refractivity contribution in [3.8, 4) is 11.3 Å². The number of nitrogens with one attached hydrogen (secondary N) is 1. The van der Waals surface area contributed by atoms with Crippen LogP contribution in [0, 0.1) is 0 Å². The molecule has 3 rings (SSSR count). The van der Waals surface area contributed by atoms with Crippen LogP contribution in [0.25, 0.3) is 11.3 Å². The van der Waals surface area contributed by atoms with Gasteiger partial charge in [-0.05, 0) is 25.1 Å². The molecule has 4 nitrogen and oxygen atoms in total. The molecule has 0 aliphatic rings. The maximum absolute atomic E-state index is 13.1. The highest BCUT2D eigenvalue weighted by Gasteiger charge is 2.33. The molecule has 0 radical (unpaired) electrons. The largest absolute Gasteiger partial charge is 0.462 e. The van der Waals surface area contributed by atoms with Crippen molar-refractivity contribution in [1.29, 1.82) is 0 Å². The summed E-state index contributed by atoms with van der Waals surface area (Å²) in [6.45, 7) is 1.88. The van der Waals surface area contributed by atoms with Crippen LogP contribution in [0.2, 0.25) is 5.02 Å². The zero-order valence-electron chi connectivity index (χ0n) is 14.5. The van der Waals surface area contributed by atoms with Crippen molar-refractivity contribution in [2.24, 2.45) is 0 Å². The lowest BCUT2D eigenvalue weighted by Gasteiger charge is -2.11. The van der Waals surface area contributed by atoms with Crippen LogP contribution >= 0.6 is 22.9 Å². The van der Waals surface area contributed by atoms with Gasteiger partial charge in [-0.25, -0.2) is 9.78 Å². The van der Waals surface area contributed by atoms with Crippen molar-refractivity contribution >= 4 is 39.7 Å². The molecule has 2 aromatic carbocycles. The van der Waals surface area contributed by atoms with E-state index in [4.69, 9.17) is 16.3 Å². The third-order valence-electron chi connectivity index (χ3n) is 3.66. The number of hydrogen-bond acceptors (Lipinski definition) is 5. The Morgan fingerprint density at radius 2 is 1.93 bits per heavy atom. The first-order valence-electron chi connectivity index (χ1n) is 8.16. The van der Waals surface area contributed by atoms with Gasteiger partial charge in [0.05, 0.1) is 22.9 Å². The van der Waals surface area contributed by atoms with E-state index in [1.54, 1.807) is 31.2 Å². The summed E-state index contributed by atoms with van der Waals surface area (Å²) in [5.41, 5.74) is 0.295. The lowest BCUT2D eigenvalue weighted by atomic mass is 10.1. The number of thiazole rings is 1. The minimum atomic E-state index is -4.58. The number of nitrogens with zero attached hydrogens (tertiary/aromatic N) is 1. The van der Waals surface area contributed by atoms with E-state index in [-0.39, 0.29) is 22.3 Å². The molecular formula is C19H14ClF3N2O2S. The maximum atomic E-state index is 13.1. The Hall–Kier alpha value is -2.58. The van der Waals surface area contributed by atoms with E-state index in [0.717, 1.165) is 23.5 Å². The summed E-state index contributed by atoms with van der Waals surface area (Å²) in [5.74, 6) is -0.543. The summed E-state index contributed by atoms with van der Waals surface area (Å²) in [4.78, 5) is 16.9. The lowest BCUT2D eigenvalue weighted by molar-refractivity contribution is -0.137. The molecule has 0 amide bonds. The number of esters is 1. The molecule has 0 bridgehead atoms. The fourth-order valence-electron chi connectivity index (χ4n) is 2.44. The Morgan fingerprint density at radius 1 is 1.21 bits per heavy atom. The van der Waals surface area contributed by atoms with Gasteiger partial charge >= 0.3 is 12.1 Å². The topological polar surface area (TPSA) is 51.2 Å². The minimum Gasteiger partial charge on any atom is -0.462 e. The summed E-state index contributed by atoms with van der Waals surface area (Å²) in [7, 11) is 0. The highest BCUT2D eigenvalue weighted by Crippen LogP contribution is 2.38. The third kappa shape index (κ3) is 4.45. The Balaban J connectivity index is 1.99. The molecule has 28 heavy (non-hydrogen) atoms. The molecule has 1 N–H and O–H groups in total. The van der Waals surface area contributed by atoms with Crippen LogP contribution in [0.4, 0.5) is 24.0 Å². The Kier molecular flexibility index (Phi) is 5.90. The number of anilines is 2. The van der Waals surface area contributed by atoms with Crippen molar-refractivity contribution < 1.29 is 22.7 Å². The number of carbonyl (C=O) groups is 1. The fourth-order valence-corrected chi connectivity index (χ4v) is 3.57. The second-order valence-corrected chi connectivity index (χ2v) is 7.01. The van der Waals surface area contributed by atoms with E-state index in [0.29, 0.717) is 11.3 Å². The minimum absolute atomic E-state index is 0.153. The van der Waals surface area contributed by atoms with Crippen LogP contribution in [0.3, 0.4) is 0 Å². The van der Waals surface area contributed by atoms with Crippen LogP contribution in [0.15, 0.2) is 48.5 Å². The molecule has 0 fully saturated rings. The zero-order chi connectivity index (χ0) is 20.3. The van der Waals surface area contributed by atoms with Crippen molar-refractivity contribution in [2.75, 3.05) is 11.9 Å². The first-order valence-corrected chi connectivity index (χ1v) is 9.36. The van der Waals surface area contributed by atoms with E-state index in [9.17, 15) is 18.0 Å². The van der Waals surface area contributed by atoms with Gasteiger partial charge in [-0.15, -0.1) is 0 Å². The summed E-state index contributed by atoms with van der Waals surface area (Å²) >= 11 is 6.65. The fraction of sp³-hybridized carbons (Fsp3) is 0.158. The molecule has 3 aromatic rings. The molecule has 0 saturated carbocycles. The Morgan fingerprint density at radius 3 is 2.57 bits per heavy atom. The monoisotopic (exact) mass is 426 g/mol. The van der Waals surface area contributed by atoms with E-state index >= 15 is 0 Å². The van der Waals surface area contributed by atoms with Crippen molar-refractivity contribution in [2.45, 2.75) is 13.1 Å². The average molecular weight is 427 g/mol. The van der Waals surface area contributed by atoms with Gasteiger partial charge < -0.3 is 10.1 Å². The lowest BCUT2D eigenvalue weighted by Crippen LogP contribution is -2.06. The van der Waals surface area contributed by atoms with Crippen molar-refractivity contribution in [1.82, 2.24) is 4.98 Å². The van der Waals surface area contributed by atoms with E-state index in [2.05, 4.69) is 10.3 Å². The smallest absolute Gasteiger partial charge is 0.417 e. The van der Waals surface area contributed by atoms with Gasteiger partial charge in [0.1, 0.15) is 4.88 Å². The van der Waals surface area contributed by atoms with Crippen LogP contribution < -0.4 is 5.32 Å². The predicted octanol–water partition coefficient (Wildman–Crippen LogP) is 6.40. The van der Waals surface area contributed by atoms with Gasteiger partial charge in [0.25, 0.3) is 0 Å². The van der Waals surface area contributed by atoms with Crippen LogP contribution in [0.5, 0.6) is 0 Å². The van der Waals surface area contributed by atoms with E-state index < -0.39 is 22.7 Å². The molecule has 0 saturated heterocycles. The van der Waals surface area contributed by atoms with Gasteiger partial charge in [0.15, 0.2) is 5.13 Å². The van der Waals surface area contributed by atoms with Crippen molar-refractivity contribution in [3.05, 3.63) is 64.0 Å². The summed E-state index contributed by atoms with van der Waals surface area (Å²) in [6.07, 6.45) is -4.58. The normalized spacial score (nSPS) is 11.3. The summed E-state index contributed by atoms with van der Waals surface area (Å²) in [6, 6.07) is 12.4. The van der Waals surface area contributed by atoms with Crippen LogP contribution in [-0.2, 0) is 10.9 Å². The molecule has 1 heterocycles. The first kappa shape index (κ1) is 20.2. The Labute approximate surface area is 167 Å². The van der Waals surface area contributed by atoms with Gasteiger partial charge in [0, 0.05) is 11.3 Å². The number of halogens is 4. The highest BCUT2D eigenvalue weighted by molar-refractivity contribution is 7.18. The van der Waals surface area contributed by atoms with Gasteiger partial charge in [-0.1, -0.05) is 53.3 Å². The third-order valence-corrected chi connectivity index (χ3v) is 4.94. The van der Waals surface area contributed by atoms with Crippen molar-refractivity contribution in [3.63, 3.8) is 0 Å². The number of carbonyl (C=O) groups excluding carboxylic acids is 1. The number of benzene rings is 2. The van der Waals surface area contributed by atoms with E-state index in [1.807, 2.05) is 6.07 Å².